The molecular formula is C37H68O4. The lowest BCUT2D eigenvalue weighted by molar-refractivity contribution is -0.151. The quantitative estimate of drug-likeness (QED) is 0.0479. The number of hydrogen-bond acceptors (Lipinski definition) is 3. The van der Waals surface area contributed by atoms with Crippen LogP contribution in [0, 0.1) is 5.92 Å². The van der Waals surface area contributed by atoms with Gasteiger partial charge in [-0.05, 0) is 32.1 Å². The highest BCUT2D eigenvalue weighted by Gasteiger charge is 2.21. The zero-order chi connectivity index (χ0) is 30.1. The van der Waals surface area contributed by atoms with E-state index >= 15 is 0 Å². The van der Waals surface area contributed by atoms with Gasteiger partial charge in [-0.25, -0.2) is 0 Å². The molecule has 4 heteroatoms. The van der Waals surface area contributed by atoms with Crippen LogP contribution in [0.2, 0.25) is 0 Å². The highest BCUT2D eigenvalue weighted by molar-refractivity contribution is 5.78. The van der Waals surface area contributed by atoms with Crippen molar-refractivity contribution in [3.63, 3.8) is 0 Å². The van der Waals surface area contributed by atoms with Gasteiger partial charge < -0.3 is 9.84 Å². The summed E-state index contributed by atoms with van der Waals surface area (Å²) in [7, 11) is 0. The van der Waals surface area contributed by atoms with E-state index in [0.717, 1.165) is 19.3 Å². The second-order valence-electron chi connectivity index (χ2n) is 12.2. The maximum atomic E-state index is 11.6. The number of unbranched alkanes of at least 4 members (excludes halogenated alkanes) is 24. The molecule has 0 spiro atoms. The van der Waals surface area contributed by atoms with Gasteiger partial charge in [-0.1, -0.05) is 173 Å². The van der Waals surface area contributed by atoms with E-state index in [9.17, 15) is 14.7 Å². The summed E-state index contributed by atoms with van der Waals surface area (Å²) in [5.74, 6) is -1.98. The Hall–Kier alpha value is -1.58. The molecule has 0 aliphatic heterocycles. The Kier molecular flexibility index (Phi) is 31.7. The summed E-state index contributed by atoms with van der Waals surface area (Å²) < 4.78 is 4.91. The number of carboxylic acids is 1. The lowest BCUT2D eigenvalue weighted by Crippen LogP contribution is -2.19. The maximum Gasteiger partial charge on any atom is 0.307 e. The molecule has 0 aromatic heterocycles. The Morgan fingerprint density at radius 1 is 0.610 bits per heavy atom. The monoisotopic (exact) mass is 577 g/mol. The number of aliphatic carboxylic acids is 1. The number of hydrogen-bond donors (Lipinski definition) is 1. The first-order valence-corrected chi connectivity index (χ1v) is 17.8. The Morgan fingerprint density at radius 3 is 1.34 bits per heavy atom. The van der Waals surface area contributed by atoms with Crippen LogP contribution in [0.1, 0.15) is 187 Å². The highest BCUT2D eigenvalue weighted by Crippen LogP contribution is 2.18. The standard InChI is InChI=1S/C37H68O4/c1-3-5-6-7-8-9-10-11-12-13-14-15-16-17-18-19-20-21-22-23-24-25-26-27-28-29-30-31-32-35(37(39)40)34-36(38)41-33-4-2/h4,10-11,35H,2-3,5-9,12-34H2,1H3,(H,39,40)/b11-10+. The number of carboxylic acid groups (broad SMARTS) is 1. The van der Waals surface area contributed by atoms with Crippen LogP contribution in [0.4, 0.5) is 0 Å². The Labute approximate surface area is 255 Å². The third-order valence-corrected chi connectivity index (χ3v) is 8.19. The van der Waals surface area contributed by atoms with Gasteiger partial charge in [0.05, 0.1) is 12.3 Å². The zero-order valence-electron chi connectivity index (χ0n) is 27.2. The van der Waals surface area contributed by atoms with Gasteiger partial charge in [-0.2, -0.15) is 0 Å². The molecule has 1 N–H and O–H groups in total. The summed E-state index contributed by atoms with van der Waals surface area (Å²) >= 11 is 0. The fourth-order valence-electron chi connectivity index (χ4n) is 5.48. The predicted octanol–water partition coefficient (Wildman–Crippen LogP) is 11.9. The fourth-order valence-corrected chi connectivity index (χ4v) is 5.48. The van der Waals surface area contributed by atoms with E-state index in [1.165, 1.54) is 154 Å². The minimum absolute atomic E-state index is 0.0407. The van der Waals surface area contributed by atoms with E-state index in [0.29, 0.717) is 6.42 Å². The Bertz CT molecular complexity index is 612. The lowest BCUT2D eigenvalue weighted by atomic mass is 9.97. The van der Waals surface area contributed by atoms with Crippen LogP contribution in [0.3, 0.4) is 0 Å². The van der Waals surface area contributed by atoms with E-state index in [4.69, 9.17) is 4.74 Å². The topological polar surface area (TPSA) is 63.6 Å². The van der Waals surface area contributed by atoms with Crippen LogP contribution in [0.5, 0.6) is 0 Å². The second-order valence-corrected chi connectivity index (χ2v) is 12.2. The lowest BCUT2D eigenvalue weighted by Gasteiger charge is -2.11. The maximum absolute atomic E-state index is 11.6. The fraction of sp³-hybridized carbons (Fsp3) is 0.838. The van der Waals surface area contributed by atoms with Crippen LogP contribution >= 0.6 is 0 Å². The van der Waals surface area contributed by atoms with Crippen molar-refractivity contribution < 1.29 is 19.4 Å². The predicted molar refractivity (Wildman–Crippen MR) is 176 cm³/mol. The summed E-state index contributed by atoms with van der Waals surface area (Å²) in [6, 6.07) is 0. The third-order valence-electron chi connectivity index (χ3n) is 8.19. The number of rotatable bonds is 33. The van der Waals surface area contributed by atoms with Gasteiger partial charge in [0.15, 0.2) is 0 Å². The molecule has 0 bridgehead atoms. The second kappa shape index (κ2) is 32.9. The van der Waals surface area contributed by atoms with Crippen LogP contribution in [-0.4, -0.2) is 23.7 Å². The molecule has 0 rings (SSSR count). The average molecular weight is 577 g/mol. The van der Waals surface area contributed by atoms with E-state index in [1.54, 1.807) is 0 Å². The van der Waals surface area contributed by atoms with Crippen LogP contribution in [-0.2, 0) is 14.3 Å². The minimum atomic E-state index is -0.899. The van der Waals surface area contributed by atoms with E-state index in [-0.39, 0.29) is 13.0 Å². The number of allylic oxidation sites excluding steroid dienone is 2. The van der Waals surface area contributed by atoms with Crippen molar-refractivity contribution in [2.24, 2.45) is 5.92 Å². The number of ether oxygens (including phenoxy) is 1. The number of esters is 1. The van der Waals surface area contributed by atoms with Gasteiger partial charge in [0, 0.05) is 0 Å². The average Bonchev–Trinajstić information content (AvgIpc) is 2.96. The van der Waals surface area contributed by atoms with E-state index in [1.807, 2.05) is 0 Å². The van der Waals surface area contributed by atoms with Gasteiger partial charge >= 0.3 is 11.9 Å². The summed E-state index contributed by atoms with van der Waals surface area (Å²) in [6.07, 6.45) is 41.5. The molecule has 0 aromatic carbocycles. The molecule has 1 atom stereocenters. The highest BCUT2D eigenvalue weighted by atomic mass is 16.5. The molecule has 0 saturated carbocycles. The molecule has 41 heavy (non-hydrogen) atoms. The molecule has 0 radical (unpaired) electrons. The van der Waals surface area contributed by atoms with Crippen molar-refractivity contribution >= 4 is 11.9 Å². The molecule has 240 valence electrons. The van der Waals surface area contributed by atoms with E-state index in [2.05, 4.69) is 25.7 Å². The summed E-state index contributed by atoms with van der Waals surface area (Å²) in [5.41, 5.74) is 0. The molecule has 0 aliphatic rings. The molecule has 0 fully saturated rings. The van der Waals surface area contributed by atoms with E-state index < -0.39 is 17.9 Å². The van der Waals surface area contributed by atoms with Crippen molar-refractivity contribution in [3.8, 4) is 0 Å². The SMILES string of the molecule is C=CCOC(=O)CC(CCCCCCCCCCCCCCCCCCCCC/C=C/CCCCCCC)C(=O)O. The molecule has 0 aromatic rings. The van der Waals surface area contributed by atoms with Crippen LogP contribution in [0.25, 0.3) is 0 Å². The van der Waals surface area contributed by atoms with Gasteiger partial charge in [0.1, 0.15) is 6.61 Å². The van der Waals surface area contributed by atoms with Gasteiger partial charge in [0.25, 0.3) is 0 Å². The number of carbonyl (C=O) groups excluding carboxylic acids is 1. The van der Waals surface area contributed by atoms with Crippen LogP contribution in [0.15, 0.2) is 24.8 Å². The van der Waals surface area contributed by atoms with Crippen molar-refractivity contribution in [3.05, 3.63) is 24.8 Å². The summed E-state index contributed by atoms with van der Waals surface area (Å²) in [4.78, 5) is 23.0. The van der Waals surface area contributed by atoms with Gasteiger partial charge in [-0.3, -0.25) is 9.59 Å². The first-order valence-electron chi connectivity index (χ1n) is 17.8. The molecular weight excluding hydrogens is 508 g/mol. The summed E-state index contributed by atoms with van der Waals surface area (Å²) in [6.45, 7) is 5.92. The largest absolute Gasteiger partial charge is 0.481 e. The summed E-state index contributed by atoms with van der Waals surface area (Å²) in [5, 5.41) is 9.32. The smallest absolute Gasteiger partial charge is 0.307 e. The van der Waals surface area contributed by atoms with Crippen LogP contribution < -0.4 is 0 Å². The van der Waals surface area contributed by atoms with Crippen molar-refractivity contribution in [1.29, 1.82) is 0 Å². The van der Waals surface area contributed by atoms with Gasteiger partial charge in [-0.15, -0.1) is 0 Å². The molecule has 0 aliphatic carbocycles. The molecule has 1 unspecified atom stereocenters. The first kappa shape index (κ1) is 39.4. The Balaban J connectivity index is 3.29. The van der Waals surface area contributed by atoms with Crippen molar-refractivity contribution in [2.75, 3.05) is 6.61 Å². The molecule has 4 nitrogen and oxygen atoms in total. The third kappa shape index (κ3) is 31.2. The molecule has 0 amide bonds. The minimum Gasteiger partial charge on any atom is -0.481 e. The first-order chi connectivity index (χ1) is 20.1. The molecule has 0 saturated heterocycles. The van der Waals surface area contributed by atoms with Crippen molar-refractivity contribution in [2.45, 2.75) is 187 Å². The van der Waals surface area contributed by atoms with Crippen molar-refractivity contribution in [1.82, 2.24) is 0 Å². The number of carbonyl (C=O) groups is 2. The molecule has 0 heterocycles. The zero-order valence-corrected chi connectivity index (χ0v) is 27.2. The normalized spacial score (nSPS) is 12.1. The van der Waals surface area contributed by atoms with Gasteiger partial charge in [0.2, 0.25) is 0 Å². The Morgan fingerprint density at radius 2 is 0.976 bits per heavy atom.